The van der Waals surface area contributed by atoms with Crippen LogP contribution >= 0.6 is 15.9 Å². The first-order chi connectivity index (χ1) is 26.9. The molecule has 3 aromatic carbocycles. The van der Waals surface area contributed by atoms with E-state index in [1.165, 1.54) is 36.4 Å². The van der Waals surface area contributed by atoms with Crippen molar-refractivity contribution in [1.82, 2.24) is 19.9 Å². The number of rotatable bonds is 9. The van der Waals surface area contributed by atoms with Crippen LogP contribution in [0.5, 0.6) is 0 Å². The van der Waals surface area contributed by atoms with Crippen molar-refractivity contribution >= 4 is 39.2 Å². The minimum absolute atomic E-state index is 0.0407. The van der Waals surface area contributed by atoms with E-state index in [-0.39, 0.29) is 69.4 Å². The number of aromatic nitrogens is 4. The van der Waals surface area contributed by atoms with Crippen LogP contribution in [0.2, 0.25) is 0 Å². The third kappa shape index (κ3) is 8.26. The fourth-order valence-corrected chi connectivity index (χ4v) is 8.21. The highest BCUT2D eigenvalue weighted by atomic mass is 79.9. The van der Waals surface area contributed by atoms with Gasteiger partial charge in [-0.1, -0.05) is 28.1 Å². The SMILES string of the molecule is Nc1ncc(C2CCC(O)CC2)nc1-c1ccc(C(=O)N(c2ccc(-c3nc(C4CCC(O)CC4)cnc3N)cc2F)[C@H](CO)c2cc(F)cc(Br)c2)c(F)c1. The molecule has 0 saturated heterocycles. The number of aliphatic hydroxyl groups is 3. The van der Waals surface area contributed by atoms with Gasteiger partial charge in [0.05, 0.1) is 59.9 Å². The molecule has 2 saturated carbocycles. The number of hydrogen-bond acceptors (Lipinski definition) is 10. The third-order valence-electron chi connectivity index (χ3n) is 10.8. The molecule has 0 aliphatic heterocycles. The van der Waals surface area contributed by atoms with Crippen LogP contribution in [0, 0.1) is 17.5 Å². The predicted molar refractivity (Wildman–Crippen MR) is 209 cm³/mol. The Kier molecular flexibility index (Phi) is 11.7. The van der Waals surface area contributed by atoms with Crippen molar-refractivity contribution in [2.75, 3.05) is 23.0 Å². The molecule has 11 nitrogen and oxygen atoms in total. The number of hydrogen-bond donors (Lipinski definition) is 5. The van der Waals surface area contributed by atoms with Gasteiger partial charge in [-0.3, -0.25) is 9.69 Å². The Labute approximate surface area is 329 Å². The van der Waals surface area contributed by atoms with Gasteiger partial charge in [0.15, 0.2) is 0 Å². The normalized spacial score (nSPS) is 20.4. The van der Waals surface area contributed by atoms with Crippen LogP contribution in [0.3, 0.4) is 0 Å². The molecule has 2 heterocycles. The Hall–Kier alpha value is -4.96. The van der Waals surface area contributed by atoms with Crippen LogP contribution in [0.4, 0.5) is 30.5 Å². The number of nitrogens with two attached hydrogens (primary N) is 2. The molecule has 0 radical (unpaired) electrons. The summed E-state index contributed by atoms with van der Waals surface area (Å²) >= 11 is 3.24. The second kappa shape index (κ2) is 16.6. The van der Waals surface area contributed by atoms with Gasteiger partial charge in [-0.2, -0.15) is 0 Å². The molecule has 15 heteroatoms. The molecule has 0 spiro atoms. The van der Waals surface area contributed by atoms with E-state index in [0.29, 0.717) is 67.2 Å². The van der Waals surface area contributed by atoms with Gasteiger partial charge in [-0.25, -0.2) is 33.1 Å². The molecule has 7 N–H and O–H groups in total. The van der Waals surface area contributed by atoms with E-state index in [1.807, 2.05) is 0 Å². The number of nitrogen functional groups attached to an aromatic ring is 2. The quantitative estimate of drug-likeness (QED) is 0.101. The Morgan fingerprint density at radius 2 is 1.27 bits per heavy atom. The summed E-state index contributed by atoms with van der Waals surface area (Å²) in [4.78, 5) is 33.4. The molecule has 0 bridgehead atoms. The maximum atomic E-state index is 16.5. The van der Waals surface area contributed by atoms with Gasteiger partial charge in [-0.05, 0) is 99.4 Å². The Balaban J connectivity index is 1.26. The first-order valence-electron chi connectivity index (χ1n) is 18.5. The van der Waals surface area contributed by atoms with E-state index in [9.17, 15) is 24.5 Å². The lowest BCUT2D eigenvalue weighted by molar-refractivity contribution is 0.0957. The summed E-state index contributed by atoms with van der Waals surface area (Å²) in [5.41, 5.74) is 14.0. The fraction of sp³-hybridized carbons (Fsp3) is 0.341. The van der Waals surface area contributed by atoms with Crippen molar-refractivity contribution in [3.05, 3.63) is 111 Å². The highest BCUT2D eigenvalue weighted by molar-refractivity contribution is 9.10. The zero-order valence-electron chi connectivity index (χ0n) is 30.3. The number of aliphatic hydroxyl groups excluding tert-OH is 3. The van der Waals surface area contributed by atoms with Gasteiger partial charge in [0.1, 0.15) is 40.5 Å². The van der Waals surface area contributed by atoms with E-state index in [1.54, 1.807) is 12.4 Å². The zero-order chi connectivity index (χ0) is 39.7. The number of halogens is 4. The molecule has 2 fully saturated rings. The van der Waals surface area contributed by atoms with Crippen molar-refractivity contribution in [3.63, 3.8) is 0 Å². The molecule has 1 amide bonds. The van der Waals surface area contributed by atoms with Crippen LogP contribution in [0.25, 0.3) is 22.5 Å². The topological polar surface area (TPSA) is 185 Å². The predicted octanol–water partition coefficient (Wildman–Crippen LogP) is 7.36. The number of carbonyl (C=O) groups is 1. The lowest BCUT2D eigenvalue weighted by Gasteiger charge is -2.32. The van der Waals surface area contributed by atoms with E-state index in [2.05, 4.69) is 25.9 Å². The Morgan fingerprint density at radius 1 is 0.750 bits per heavy atom. The molecule has 7 rings (SSSR count). The highest BCUT2D eigenvalue weighted by Crippen LogP contribution is 2.38. The van der Waals surface area contributed by atoms with Crippen molar-refractivity contribution in [1.29, 1.82) is 0 Å². The number of nitrogens with zero attached hydrogens (tertiary/aromatic N) is 5. The van der Waals surface area contributed by atoms with Crippen LogP contribution in [0.15, 0.2) is 71.5 Å². The molecule has 2 aromatic heterocycles. The zero-order valence-corrected chi connectivity index (χ0v) is 31.8. The summed E-state index contributed by atoms with van der Waals surface area (Å²) in [5.74, 6) is -3.41. The Bertz CT molecular complexity index is 2230. The summed E-state index contributed by atoms with van der Waals surface area (Å²) in [7, 11) is 0. The van der Waals surface area contributed by atoms with Gasteiger partial charge in [-0.15, -0.1) is 0 Å². The molecule has 1 atom stereocenters. The lowest BCUT2D eigenvalue weighted by atomic mass is 9.85. The van der Waals surface area contributed by atoms with Gasteiger partial charge in [0.25, 0.3) is 5.91 Å². The average Bonchev–Trinajstić information content (AvgIpc) is 3.17. The van der Waals surface area contributed by atoms with Crippen molar-refractivity contribution in [2.45, 2.75) is 81.5 Å². The van der Waals surface area contributed by atoms with Crippen molar-refractivity contribution < 1.29 is 33.3 Å². The molecule has 292 valence electrons. The number of amides is 1. The molecule has 2 aliphatic carbocycles. The molecule has 5 aromatic rings. The second-order valence-electron chi connectivity index (χ2n) is 14.5. The van der Waals surface area contributed by atoms with E-state index in [4.69, 9.17) is 21.4 Å². The maximum Gasteiger partial charge on any atom is 0.261 e. The van der Waals surface area contributed by atoms with E-state index in [0.717, 1.165) is 23.1 Å². The average molecular weight is 833 g/mol. The molecular formula is C41H41BrF3N7O4. The van der Waals surface area contributed by atoms with Gasteiger partial charge in [0.2, 0.25) is 0 Å². The monoisotopic (exact) mass is 831 g/mol. The summed E-state index contributed by atoms with van der Waals surface area (Å²) in [6.07, 6.45) is 7.76. The van der Waals surface area contributed by atoms with Gasteiger partial charge in [0, 0.05) is 27.4 Å². The highest BCUT2D eigenvalue weighted by Gasteiger charge is 2.33. The van der Waals surface area contributed by atoms with Gasteiger partial charge >= 0.3 is 0 Å². The van der Waals surface area contributed by atoms with Gasteiger partial charge < -0.3 is 26.8 Å². The molecule has 2 aliphatic rings. The van der Waals surface area contributed by atoms with Crippen LogP contribution in [-0.4, -0.2) is 60.0 Å². The molecular weight excluding hydrogens is 791 g/mol. The standard InChI is InChI=1S/C41H41BrF3N7O4/c42-26-13-25(14-27(43)17-26)36(20-53)52(35-12-6-24(16-32(35)45)38-40(47)49-19-34(51-38)22-3-9-29(55)10-4-22)41(56)30-11-5-23(15-31(30)44)37-39(46)48-18-33(50-37)21-1-7-28(54)8-2-21/h5-6,11-19,21-22,28-29,36,53-55H,1-4,7-10,20H2,(H2,46,48)(H2,47,49)/t21?,22?,28?,29?,36-/m1/s1. The minimum Gasteiger partial charge on any atom is -0.394 e. The van der Waals surface area contributed by atoms with Crippen molar-refractivity contribution in [2.24, 2.45) is 0 Å². The molecule has 0 unspecified atom stereocenters. The molecule has 56 heavy (non-hydrogen) atoms. The third-order valence-corrected chi connectivity index (χ3v) is 11.3. The first-order valence-corrected chi connectivity index (χ1v) is 19.3. The lowest BCUT2D eigenvalue weighted by Crippen LogP contribution is -2.38. The summed E-state index contributed by atoms with van der Waals surface area (Å²) in [5, 5.41) is 30.6. The van der Waals surface area contributed by atoms with Crippen LogP contribution in [0.1, 0.15) is 96.6 Å². The summed E-state index contributed by atoms with van der Waals surface area (Å²) < 4.78 is 47.7. The van der Waals surface area contributed by atoms with Crippen LogP contribution in [-0.2, 0) is 0 Å². The summed E-state index contributed by atoms with van der Waals surface area (Å²) in [6, 6.07) is 10.1. The van der Waals surface area contributed by atoms with Crippen LogP contribution < -0.4 is 16.4 Å². The van der Waals surface area contributed by atoms with E-state index < -0.39 is 41.6 Å². The van der Waals surface area contributed by atoms with Crippen molar-refractivity contribution in [3.8, 4) is 22.5 Å². The number of carbonyl (C=O) groups excluding carboxylic acids is 1. The number of benzene rings is 3. The first kappa shape index (κ1) is 39.3. The minimum atomic E-state index is -1.36. The summed E-state index contributed by atoms with van der Waals surface area (Å²) in [6.45, 7) is -0.782. The number of anilines is 3. The maximum absolute atomic E-state index is 16.5. The smallest absolute Gasteiger partial charge is 0.261 e. The fourth-order valence-electron chi connectivity index (χ4n) is 7.72. The second-order valence-corrected chi connectivity index (χ2v) is 15.4. The van der Waals surface area contributed by atoms with E-state index >= 15 is 8.78 Å². The Morgan fingerprint density at radius 3 is 1.75 bits per heavy atom. The largest absolute Gasteiger partial charge is 0.394 e.